The van der Waals surface area contributed by atoms with Crippen molar-refractivity contribution in [3.8, 4) is 11.5 Å². The number of methoxy groups -OCH3 is 1. The van der Waals surface area contributed by atoms with Gasteiger partial charge in [0.1, 0.15) is 6.61 Å². The van der Waals surface area contributed by atoms with Gasteiger partial charge in [-0.15, -0.1) is 0 Å². The van der Waals surface area contributed by atoms with Gasteiger partial charge in [0.25, 0.3) is 5.91 Å². The van der Waals surface area contributed by atoms with Crippen molar-refractivity contribution in [3.63, 3.8) is 0 Å². The van der Waals surface area contributed by atoms with Crippen molar-refractivity contribution in [2.75, 3.05) is 26.8 Å². The maximum Gasteiger partial charge on any atom is 0.251 e. The number of hydrogen-bond donors (Lipinski definition) is 2. The monoisotopic (exact) mass is 368 g/mol. The summed E-state index contributed by atoms with van der Waals surface area (Å²) in [5.41, 5.74) is 3.84. The third kappa shape index (κ3) is 6.79. The van der Waals surface area contributed by atoms with Gasteiger partial charge in [-0.1, -0.05) is 30.3 Å². The fourth-order valence-corrected chi connectivity index (χ4v) is 2.45. The van der Waals surface area contributed by atoms with Gasteiger partial charge in [0.15, 0.2) is 11.5 Å². The molecule has 0 radical (unpaired) electrons. The molecule has 0 aliphatic carbocycles. The van der Waals surface area contributed by atoms with Crippen LogP contribution in [-0.2, 0) is 6.54 Å². The lowest BCUT2D eigenvalue weighted by Crippen LogP contribution is -2.31. The molecule has 0 bridgehead atoms. The van der Waals surface area contributed by atoms with Gasteiger partial charge >= 0.3 is 0 Å². The third-order valence-corrected chi connectivity index (χ3v) is 3.93. The van der Waals surface area contributed by atoms with E-state index in [-0.39, 0.29) is 5.91 Å². The molecule has 0 saturated heterocycles. The predicted octanol–water partition coefficient (Wildman–Crippen LogP) is 3.48. The van der Waals surface area contributed by atoms with E-state index < -0.39 is 0 Å². The highest BCUT2D eigenvalue weighted by Gasteiger charge is 2.07. The maximum atomic E-state index is 12.1. The van der Waals surface area contributed by atoms with Gasteiger partial charge in [0.2, 0.25) is 0 Å². The Balaban J connectivity index is 1.77. The van der Waals surface area contributed by atoms with E-state index in [4.69, 9.17) is 9.47 Å². The smallest absolute Gasteiger partial charge is 0.251 e. The minimum absolute atomic E-state index is 0.0586. The highest BCUT2D eigenvalue weighted by atomic mass is 16.5. The molecule has 2 aromatic carbocycles. The highest BCUT2D eigenvalue weighted by Crippen LogP contribution is 2.28. The summed E-state index contributed by atoms with van der Waals surface area (Å²) >= 11 is 0. The first-order valence-electron chi connectivity index (χ1n) is 8.99. The minimum Gasteiger partial charge on any atom is -0.493 e. The first kappa shape index (κ1) is 20.5. The summed E-state index contributed by atoms with van der Waals surface area (Å²) in [5, 5.41) is 6.23. The molecular weight excluding hydrogens is 340 g/mol. The molecule has 27 heavy (non-hydrogen) atoms. The van der Waals surface area contributed by atoms with E-state index in [1.807, 2.05) is 56.3 Å². The SMILES string of the molecule is C=C(C)COc1cc(CNCCNC(=O)c2ccc(C)cc2)ccc1OC. The molecule has 0 aromatic heterocycles. The number of nitrogens with one attached hydrogen (secondary N) is 2. The molecule has 2 aromatic rings. The van der Waals surface area contributed by atoms with Crippen LogP contribution in [0.2, 0.25) is 0 Å². The highest BCUT2D eigenvalue weighted by molar-refractivity contribution is 5.94. The molecule has 2 N–H and O–H groups in total. The minimum atomic E-state index is -0.0586. The van der Waals surface area contributed by atoms with Gasteiger partial charge in [0.05, 0.1) is 7.11 Å². The summed E-state index contributed by atoms with van der Waals surface area (Å²) in [7, 11) is 1.62. The summed E-state index contributed by atoms with van der Waals surface area (Å²) in [6.45, 7) is 10.1. The number of rotatable bonds is 10. The average Bonchev–Trinajstić information content (AvgIpc) is 2.66. The van der Waals surface area contributed by atoms with Crippen molar-refractivity contribution >= 4 is 5.91 Å². The van der Waals surface area contributed by atoms with Crippen molar-refractivity contribution in [3.05, 3.63) is 71.3 Å². The zero-order valence-corrected chi connectivity index (χ0v) is 16.3. The number of benzene rings is 2. The molecule has 0 aliphatic heterocycles. The largest absolute Gasteiger partial charge is 0.493 e. The van der Waals surface area contributed by atoms with Crippen molar-refractivity contribution in [2.45, 2.75) is 20.4 Å². The number of hydrogen-bond acceptors (Lipinski definition) is 4. The fourth-order valence-electron chi connectivity index (χ4n) is 2.45. The second kappa shape index (κ2) is 10.4. The van der Waals surface area contributed by atoms with Gasteiger partial charge < -0.3 is 20.1 Å². The summed E-state index contributed by atoms with van der Waals surface area (Å²) in [6.07, 6.45) is 0. The lowest BCUT2D eigenvalue weighted by atomic mass is 10.1. The summed E-state index contributed by atoms with van der Waals surface area (Å²) < 4.78 is 11.1. The van der Waals surface area contributed by atoms with Crippen molar-refractivity contribution in [1.29, 1.82) is 0 Å². The topological polar surface area (TPSA) is 59.6 Å². The molecule has 5 heteroatoms. The fraction of sp³-hybridized carbons (Fsp3) is 0.318. The van der Waals surface area contributed by atoms with Crippen LogP contribution in [0.4, 0.5) is 0 Å². The van der Waals surface area contributed by atoms with E-state index in [1.54, 1.807) is 7.11 Å². The summed E-state index contributed by atoms with van der Waals surface area (Å²) in [4.78, 5) is 12.1. The van der Waals surface area contributed by atoms with Gasteiger partial charge in [-0.2, -0.15) is 0 Å². The van der Waals surface area contributed by atoms with Crippen LogP contribution in [0, 0.1) is 6.92 Å². The number of carbonyl (C=O) groups is 1. The Kier molecular flexibility index (Phi) is 7.89. The molecule has 5 nitrogen and oxygen atoms in total. The first-order valence-corrected chi connectivity index (χ1v) is 8.99. The molecule has 0 fully saturated rings. The number of aryl methyl sites for hydroxylation is 1. The summed E-state index contributed by atoms with van der Waals surface area (Å²) in [5.74, 6) is 1.34. The van der Waals surface area contributed by atoms with Crippen LogP contribution in [0.3, 0.4) is 0 Å². The van der Waals surface area contributed by atoms with E-state index in [0.29, 0.717) is 43.3 Å². The zero-order valence-electron chi connectivity index (χ0n) is 16.3. The van der Waals surface area contributed by atoms with Gasteiger partial charge in [-0.25, -0.2) is 0 Å². The molecular formula is C22H28N2O3. The Hall–Kier alpha value is -2.79. The molecule has 0 heterocycles. The van der Waals surface area contributed by atoms with Crippen molar-refractivity contribution in [1.82, 2.24) is 10.6 Å². The van der Waals surface area contributed by atoms with Crippen LogP contribution < -0.4 is 20.1 Å². The number of amides is 1. The third-order valence-electron chi connectivity index (χ3n) is 3.93. The normalized spacial score (nSPS) is 10.3. The summed E-state index contributed by atoms with van der Waals surface area (Å²) in [6, 6.07) is 13.4. The van der Waals surface area contributed by atoms with E-state index >= 15 is 0 Å². The molecule has 0 unspecified atom stereocenters. The van der Waals surface area contributed by atoms with Crippen molar-refractivity contribution < 1.29 is 14.3 Å². The Labute approximate surface area is 161 Å². The van der Waals surface area contributed by atoms with E-state index in [2.05, 4.69) is 17.2 Å². The molecule has 0 spiro atoms. The van der Waals surface area contributed by atoms with Crippen molar-refractivity contribution in [2.24, 2.45) is 0 Å². The Bertz CT molecular complexity index is 770. The molecule has 0 saturated carbocycles. The lowest BCUT2D eigenvalue weighted by molar-refractivity contribution is 0.0954. The van der Waals surface area contributed by atoms with Crippen LogP contribution in [0.5, 0.6) is 11.5 Å². The van der Waals surface area contributed by atoms with Crippen LogP contribution >= 0.6 is 0 Å². The number of carbonyl (C=O) groups excluding carboxylic acids is 1. The Morgan fingerprint density at radius 1 is 1.07 bits per heavy atom. The van der Waals surface area contributed by atoms with E-state index in [0.717, 1.165) is 16.7 Å². The molecule has 0 atom stereocenters. The van der Waals surface area contributed by atoms with E-state index in [9.17, 15) is 4.79 Å². The number of ether oxygens (including phenoxy) is 2. The molecule has 0 aliphatic rings. The van der Waals surface area contributed by atoms with Gasteiger partial charge in [0, 0.05) is 25.2 Å². The average molecular weight is 368 g/mol. The van der Waals surface area contributed by atoms with Crippen LogP contribution in [0.1, 0.15) is 28.4 Å². The standard InChI is InChI=1S/C22H28N2O3/c1-16(2)15-27-21-13-18(7-10-20(21)26-4)14-23-11-12-24-22(25)19-8-5-17(3)6-9-19/h5-10,13,23H,1,11-12,14-15H2,2-4H3,(H,24,25). The van der Waals surface area contributed by atoms with Crippen LogP contribution in [0.25, 0.3) is 0 Å². The van der Waals surface area contributed by atoms with Crippen LogP contribution in [0.15, 0.2) is 54.6 Å². The molecule has 1 amide bonds. The van der Waals surface area contributed by atoms with Gasteiger partial charge in [-0.05, 0) is 49.2 Å². The molecule has 2 rings (SSSR count). The lowest BCUT2D eigenvalue weighted by Gasteiger charge is -2.13. The Morgan fingerprint density at radius 2 is 1.81 bits per heavy atom. The van der Waals surface area contributed by atoms with E-state index in [1.165, 1.54) is 0 Å². The van der Waals surface area contributed by atoms with Gasteiger partial charge in [-0.3, -0.25) is 4.79 Å². The second-order valence-electron chi connectivity index (χ2n) is 6.53. The maximum absolute atomic E-state index is 12.1. The molecule has 144 valence electrons. The Morgan fingerprint density at radius 3 is 2.48 bits per heavy atom. The zero-order chi connectivity index (χ0) is 19.6. The quantitative estimate of drug-likeness (QED) is 0.498. The predicted molar refractivity (Wildman–Crippen MR) is 109 cm³/mol. The van der Waals surface area contributed by atoms with Crippen LogP contribution in [-0.4, -0.2) is 32.7 Å². The first-order chi connectivity index (χ1) is 13.0. The second-order valence-corrected chi connectivity index (χ2v) is 6.53.